The molecule has 1 aromatic rings. The van der Waals surface area contributed by atoms with E-state index >= 15 is 0 Å². The standard InChI is InChI=1S/C25H45N3O4/c1-3-26-10-16-29-20-14-28(24-25-8-6-5-7-9-25)15-21-30-17-11-27(4-2)13-19-32-23-22-31-18-12-26/h5-9H,3-4,10-24H2,1-2H3. The van der Waals surface area contributed by atoms with Gasteiger partial charge in [-0.2, -0.15) is 0 Å². The van der Waals surface area contributed by atoms with Crippen molar-refractivity contribution < 1.29 is 18.9 Å². The van der Waals surface area contributed by atoms with Gasteiger partial charge in [0.15, 0.2) is 0 Å². The number of rotatable bonds is 4. The Morgan fingerprint density at radius 1 is 0.531 bits per heavy atom. The molecular weight excluding hydrogens is 406 g/mol. The first kappa shape index (κ1) is 27.2. The van der Waals surface area contributed by atoms with Crippen molar-refractivity contribution in [2.24, 2.45) is 0 Å². The molecule has 1 aliphatic heterocycles. The summed E-state index contributed by atoms with van der Waals surface area (Å²) in [6, 6.07) is 10.6. The van der Waals surface area contributed by atoms with Crippen molar-refractivity contribution in [3.8, 4) is 0 Å². The minimum absolute atomic E-state index is 0.653. The fourth-order valence-corrected chi connectivity index (χ4v) is 3.66. The van der Waals surface area contributed by atoms with Gasteiger partial charge in [-0.1, -0.05) is 44.2 Å². The van der Waals surface area contributed by atoms with Crippen molar-refractivity contribution in [3.05, 3.63) is 35.9 Å². The second kappa shape index (κ2) is 18.4. The first-order valence-corrected chi connectivity index (χ1v) is 12.3. The van der Waals surface area contributed by atoms with Gasteiger partial charge in [0.2, 0.25) is 0 Å². The first-order valence-electron chi connectivity index (χ1n) is 12.3. The Morgan fingerprint density at radius 3 is 1.31 bits per heavy atom. The van der Waals surface area contributed by atoms with Crippen molar-refractivity contribution in [1.29, 1.82) is 0 Å². The van der Waals surface area contributed by atoms with Crippen LogP contribution in [0.25, 0.3) is 0 Å². The van der Waals surface area contributed by atoms with Crippen LogP contribution in [0.4, 0.5) is 0 Å². The molecule has 0 unspecified atom stereocenters. The van der Waals surface area contributed by atoms with E-state index in [-0.39, 0.29) is 0 Å². The van der Waals surface area contributed by atoms with E-state index < -0.39 is 0 Å². The SMILES string of the molecule is CCN1CCOCCOCCN(CC)CCOCCN(Cc2ccccc2)CCOCC1. The Kier molecular flexibility index (Phi) is 15.6. The smallest absolute Gasteiger partial charge is 0.0701 e. The number of likely N-dealkylation sites (N-methyl/N-ethyl adjacent to an activating group) is 2. The molecule has 1 aliphatic rings. The summed E-state index contributed by atoms with van der Waals surface area (Å²) in [7, 11) is 0. The minimum atomic E-state index is 0.653. The van der Waals surface area contributed by atoms with Crippen LogP contribution in [-0.4, -0.2) is 120 Å². The van der Waals surface area contributed by atoms with E-state index in [1.165, 1.54) is 5.56 Å². The molecule has 1 fully saturated rings. The van der Waals surface area contributed by atoms with Crippen LogP contribution >= 0.6 is 0 Å². The van der Waals surface area contributed by atoms with Crippen LogP contribution in [0.2, 0.25) is 0 Å². The van der Waals surface area contributed by atoms with Crippen LogP contribution in [0.5, 0.6) is 0 Å². The van der Waals surface area contributed by atoms with Crippen molar-refractivity contribution in [2.45, 2.75) is 20.4 Å². The summed E-state index contributed by atoms with van der Waals surface area (Å²) in [5.74, 6) is 0. The second-order valence-corrected chi connectivity index (χ2v) is 8.08. The Labute approximate surface area is 195 Å². The van der Waals surface area contributed by atoms with E-state index in [9.17, 15) is 0 Å². The Balaban J connectivity index is 1.83. The van der Waals surface area contributed by atoms with Crippen LogP contribution in [0, 0.1) is 0 Å². The molecule has 0 aliphatic carbocycles. The predicted octanol–water partition coefficient (Wildman–Crippen LogP) is 2.21. The van der Waals surface area contributed by atoms with Crippen LogP contribution in [0.3, 0.4) is 0 Å². The third-order valence-electron chi connectivity index (χ3n) is 5.83. The number of benzene rings is 1. The van der Waals surface area contributed by atoms with Gasteiger partial charge in [0.05, 0.1) is 52.9 Å². The van der Waals surface area contributed by atoms with E-state index in [1.54, 1.807) is 0 Å². The molecule has 1 saturated heterocycles. The third kappa shape index (κ3) is 12.8. The summed E-state index contributed by atoms with van der Waals surface area (Å²) in [5.41, 5.74) is 1.33. The maximum atomic E-state index is 5.97. The molecule has 0 N–H and O–H groups in total. The summed E-state index contributed by atoms with van der Waals surface area (Å²) in [6.45, 7) is 18.6. The lowest BCUT2D eigenvalue weighted by Gasteiger charge is -2.24. The summed E-state index contributed by atoms with van der Waals surface area (Å²) >= 11 is 0. The largest absolute Gasteiger partial charge is 0.379 e. The molecule has 0 saturated carbocycles. The van der Waals surface area contributed by atoms with Gasteiger partial charge in [-0.3, -0.25) is 14.7 Å². The molecule has 0 bridgehead atoms. The monoisotopic (exact) mass is 451 g/mol. The van der Waals surface area contributed by atoms with Gasteiger partial charge in [0.25, 0.3) is 0 Å². The Hall–Kier alpha value is -1.06. The zero-order valence-corrected chi connectivity index (χ0v) is 20.4. The van der Waals surface area contributed by atoms with Gasteiger partial charge in [-0.15, -0.1) is 0 Å². The van der Waals surface area contributed by atoms with Gasteiger partial charge in [0.1, 0.15) is 0 Å². The maximum Gasteiger partial charge on any atom is 0.0701 e. The first-order chi connectivity index (χ1) is 15.8. The fourth-order valence-electron chi connectivity index (χ4n) is 3.66. The number of ether oxygens (including phenoxy) is 4. The van der Waals surface area contributed by atoms with Crippen LogP contribution in [-0.2, 0) is 25.5 Å². The molecule has 0 aromatic heterocycles. The van der Waals surface area contributed by atoms with Gasteiger partial charge in [-0.05, 0) is 18.7 Å². The summed E-state index contributed by atoms with van der Waals surface area (Å²) in [4.78, 5) is 7.17. The zero-order valence-electron chi connectivity index (χ0n) is 20.4. The van der Waals surface area contributed by atoms with Crippen LogP contribution in [0.15, 0.2) is 30.3 Å². The molecule has 2 rings (SSSR count). The minimum Gasteiger partial charge on any atom is -0.379 e. The fraction of sp³-hybridized carbons (Fsp3) is 0.760. The lowest BCUT2D eigenvalue weighted by molar-refractivity contribution is 0.0262. The quantitative estimate of drug-likeness (QED) is 0.696. The van der Waals surface area contributed by atoms with E-state index in [4.69, 9.17) is 18.9 Å². The van der Waals surface area contributed by atoms with Crippen LogP contribution in [0.1, 0.15) is 19.4 Å². The van der Waals surface area contributed by atoms with Gasteiger partial charge < -0.3 is 18.9 Å². The molecule has 1 heterocycles. The molecule has 184 valence electrons. The highest BCUT2D eigenvalue weighted by Crippen LogP contribution is 2.04. The summed E-state index contributed by atoms with van der Waals surface area (Å²) in [6.07, 6.45) is 0. The van der Waals surface area contributed by atoms with Crippen molar-refractivity contribution in [1.82, 2.24) is 14.7 Å². The van der Waals surface area contributed by atoms with Crippen molar-refractivity contribution >= 4 is 0 Å². The number of nitrogens with zero attached hydrogens (tertiary/aromatic N) is 3. The average molecular weight is 452 g/mol. The van der Waals surface area contributed by atoms with E-state index in [1.807, 2.05) is 0 Å². The average Bonchev–Trinajstić information content (AvgIpc) is 2.82. The van der Waals surface area contributed by atoms with E-state index in [0.717, 1.165) is 98.5 Å². The maximum absolute atomic E-state index is 5.97. The normalized spacial score (nSPS) is 21.7. The van der Waals surface area contributed by atoms with Crippen LogP contribution < -0.4 is 0 Å². The molecule has 0 radical (unpaired) electrons. The van der Waals surface area contributed by atoms with Gasteiger partial charge in [-0.25, -0.2) is 0 Å². The molecule has 32 heavy (non-hydrogen) atoms. The summed E-state index contributed by atoms with van der Waals surface area (Å²) in [5, 5.41) is 0. The Morgan fingerprint density at radius 2 is 0.906 bits per heavy atom. The molecule has 0 amide bonds. The highest BCUT2D eigenvalue weighted by atomic mass is 16.5. The van der Waals surface area contributed by atoms with E-state index in [0.29, 0.717) is 13.2 Å². The summed E-state index contributed by atoms with van der Waals surface area (Å²) < 4.78 is 23.4. The second-order valence-electron chi connectivity index (χ2n) is 8.08. The predicted molar refractivity (Wildman–Crippen MR) is 129 cm³/mol. The van der Waals surface area contributed by atoms with Crippen molar-refractivity contribution in [3.63, 3.8) is 0 Å². The highest BCUT2D eigenvalue weighted by molar-refractivity contribution is 5.14. The van der Waals surface area contributed by atoms with E-state index in [2.05, 4.69) is 58.9 Å². The molecule has 7 heteroatoms. The topological polar surface area (TPSA) is 46.6 Å². The van der Waals surface area contributed by atoms with Gasteiger partial charge >= 0.3 is 0 Å². The molecule has 0 atom stereocenters. The highest BCUT2D eigenvalue weighted by Gasteiger charge is 2.08. The van der Waals surface area contributed by atoms with Gasteiger partial charge in [0, 0.05) is 45.8 Å². The molecular formula is C25H45N3O4. The van der Waals surface area contributed by atoms with Crippen molar-refractivity contribution in [2.75, 3.05) is 105 Å². The molecule has 7 nitrogen and oxygen atoms in total. The lowest BCUT2D eigenvalue weighted by Crippen LogP contribution is -2.34. The number of hydrogen-bond donors (Lipinski definition) is 0. The lowest BCUT2D eigenvalue weighted by atomic mass is 10.2. The zero-order chi connectivity index (χ0) is 22.7. The molecule has 1 aromatic carbocycles. The molecule has 0 spiro atoms. The Bertz CT molecular complexity index is 521. The number of hydrogen-bond acceptors (Lipinski definition) is 7. The third-order valence-corrected chi connectivity index (χ3v) is 5.83.